The van der Waals surface area contributed by atoms with E-state index < -0.39 is 0 Å². The van der Waals surface area contributed by atoms with E-state index in [1.165, 1.54) is 0 Å². The third-order valence-corrected chi connectivity index (χ3v) is 3.08. The number of rotatable bonds is 4. The van der Waals surface area contributed by atoms with Gasteiger partial charge in [-0.25, -0.2) is 4.98 Å². The van der Waals surface area contributed by atoms with Crippen LogP contribution in [-0.2, 0) is 9.59 Å². The molecule has 1 aromatic heterocycles. The van der Waals surface area contributed by atoms with Crippen molar-refractivity contribution in [3.05, 3.63) is 12.1 Å². The molecule has 2 N–H and O–H groups in total. The first-order valence-corrected chi connectivity index (χ1v) is 6.38. The van der Waals surface area contributed by atoms with Crippen molar-refractivity contribution in [1.29, 1.82) is 0 Å². The number of hydrogen-bond acceptors (Lipinski definition) is 4. The van der Waals surface area contributed by atoms with Gasteiger partial charge in [0, 0.05) is 5.92 Å². The molecule has 0 atom stereocenters. The first-order chi connectivity index (χ1) is 9.13. The average molecular weight is 263 g/mol. The smallest absolute Gasteiger partial charge is 0.263 e. The van der Waals surface area contributed by atoms with E-state index in [1.54, 1.807) is 12.1 Å². The van der Waals surface area contributed by atoms with Gasteiger partial charge in [0.2, 0.25) is 5.91 Å². The van der Waals surface area contributed by atoms with Crippen LogP contribution in [-0.4, -0.2) is 23.4 Å². The summed E-state index contributed by atoms with van der Waals surface area (Å²) >= 11 is 0. The van der Waals surface area contributed by atoms with Gasteiger partial charge in [0.1, 0.15) is 5.82 Å². The van der Waals surface area contributed by atoms with Crippen LogP contribution >= 0.6 is 0 Å². The van der Waals surface area contributed by atoms with Crippen molar-refractivity contribution >= 4 is 23.5 Å². The fraction of sp³-hybridized carbons (Fsp3) is 0.462. The summed E-state index contributed by atoms with van der Waals surface area (Å²) < 4.78 is 5.20. The van der Waals surface area contributed by atoms with E-state index in [0.29, 0.717) is 17.4 Å². The largest absolute Gasteiger partial charge is 0.480 e. The van der Waals surface area contributed by atoms with Crippen LogP contribution in [0.15, 0.2) is 12.1 Å². The first kappa shape index (κ1) is 13.3. The molecule has 0 unspecified atom stereocenters. The number of nitrogens with zero attached hydrogens (tertiary/aromatic N) is 1. The van der Waals surface area contributed by atoms with Gasteiger partial charge in [-0.05, 0) is 25.0 Å². The summed E-state index contributed by atoms with van der Waals surface area (Å²) in [7, 11) is 0. The standard InChI is InChI=1S/C13H17N3O3/c1-3-8(4-2)13(18)15-10-6-5-9-12(14-10)16-11(17)7-19-9/h5-6,8H,3-4,7H2,1-2H3,(H2,14,15,16,17,18). The van der Waals surface area contributed by atoms with Crippen LogP contribution in [0, 0.1) is 5.92 Å². The molecule has 102 valence electrons. The van der Waals surface area contributed by atoms with Crippen LogP contribution < -0.4 is 15.4 Å². The van der Waals surface area contributed by atoms with Crippen molar-refractivity contribution in [2.24, 2.45) is 5.92 Å². The highest BCUT2D eigenvalue weighted by Gasteiger charge is 2.19. The Morgan fingerprint density at radius 2 is 2.21 bits per heavy atom. The third-order valence-electron chi connectivity index (χ3n) is 3.08. The molecule has 2 rings (SSSR count). The van der Waals surface area contributed by atoms with Gasteiger partial charge >= 0.3 is 0 Å². The van der Waals surface area contributed by atoms with Crippen LogP contribution in [0.3, 0.4) is 0 Å². The van der Waals surface area contributed by atoms with Gasteiger partial charge in [0.25, 0.3) is 5.91 Å². The van der Waals surface area contributed by atoms with E-state index in [2.05, 4.69) is 15.6 Å². The van der Waals surface area contributed by atoms with E-state index in [0.717, 1.165) is 12.8 Å². The molecular weight excluding hydrogens is 246 g/mol. The molecule has 0 spiro atoms. The van der Waals surface area contributed by atoms with Gasteiger partial charge in [-0.15, -0.1) is 0 Å². The Morgan fingerprint density at radius 3 is 2.89 bits per heavy atom. The minimum absolute atomic E-state index is 0.00582. The predicted molar refractivity (Wildman–Crippen MR) is 71.1 cm³/mol. The number of hydrogen-bond donors (Lipinski definition) is 2. The van der Waals surface area contributed by atoms with Gasteiger partial charge in [-0.1, -0.05) is 13.8 Å². The maximum absolute atomic E-state index is 11.9. The summed E-state index contributed by atoms with van der Waals surface area (Å²) in [6.45, 7) is 3.94. The van der Waals surface area contributed by atoms with Crippen molar-refractivity contribution in [2.75, 3.05) is 17.2 Å². The van der Waals surface area contributed by atoms with E-state index in [4.69, 9.17) is 4.74 Å². The number of fused-ring (bicyclic) bond motifs is 1. The molecule has 1 aliphatic heterocycles. The summed E-state index contributed by atoms with van der Waals surface area (Å²) in [5.74, 6) is 0.952. The molecule has 0 bridgehead atoms. The maximum Gasteiger partial charge on any atom is 0.263 e. The summed E-state index contributed by atoms with van der Waals surface area (Å²) in [6.07, 6.45) is 1.57. The Bertz CT molecular complexity index is 498. The topological polar surface area (TPSA) is 80.3 Å². The van der Waals surface area contributed by atoms with Crippen LogP contribution in [0.25, 0.3) is 0 Å². The second-order valence-corrected chi connectivity index (χ2v) is 4.38. The molecule has 0 saturated heterocycles. The highest BCUT2D eigenvalue weighted by molar-refractivity contribution is 5.95. The summed E-state index contributed by atoms with van der Waals surface area (Å²) in [6, 6.07) is 3.35. The molecule has 2 heterocycles. The zero-order valence-electron chi connectivity index (χ0n) is 11.0. The number of pyridine rings is 1. The van der Waals surface area contributed by atoms with Crippen LogP contribution in [0.2, 0.25) is 0 Å². The second-order valence-electron chi connectivity index (χ2n) is 4.38. The molecule has 6 nitrogen and oxygen atoms in total. The number of nitrogens with one attached hydrogen (secondary N) is 2. The van der Waals surface area contributed by atoms with E-state index in [-0.39, 0.29) is 24.3 Å². The zero-order valence-corrected chi connectivity index (χ0v) is 11.0. The number of carbonyl (C=O) groups excluding carboxylic acids is 2. The fourth-order valence-electron chi connectivity index (χ4n) is 1.92. The van der Waals surface area contributed by atoms with Gasteiger partial charge in [0.15, 0.2) is 18.2 Å². The Hall–Kier alpha value is -2.11. The average Bonchev–Trinajstić information content (AvgIpc) is 2.39. The molecule has 0 saturated carbocycles. The number of carbonyl (C=O) groups is 2. The summed E-state index contributed by atoms with van der Waals surface area (Å²) in [5, 5.41) is 5.36. The normalized spacial score (nSPS) is 13.5. The minimum Gasteiger partial charge on any atom is -0.480 e. The lowest BCUT2D eigenvalue weighted by atomic mass is 10.0. The molecule has 1 aromatic rings. The number of amides is 2. The molecule has 0 radical (unpaired) electrons. The molecule has 0 aromatic carbocycles. The SMILES string of the molecule is CCC(CC)C(=O)Nc1ccc2c(n1)NC(=O)CO2. The number of aromatic nitrogens is 1. The maximum atomic E-state index is 11.9. The summed E-state index contributed by atoms with van der Waals surface area (Å²) in [4.78, 5) is 27.3. The van der Waals surface area contributed by atoms with Crippen molar-refractivity contribution < 1.29 is 14.3 Å². The first-order valence-electron chi connectivity index (χ1n) is 6.38. The molecule has 6 heteroatoms. The minimum atomic E-state index is -0.247. The van der Waals surface area contributed by atoms with Crippen LogP contribution in [0.5, 0.6) is 5.75 Å². The highest BCUT2D eigenvalue weighted by Crippen LogP contribution is 2.27. The molecule has 0 aliphatic carbocycles. The molecule has 0 fully saturated rings. The molecule has 2 amide bonds. The predicted octanol–water partition coefficient (Wildman–Crippen LogP) is 1.79. The van der Waals surface area contributed by atoms with E-state index in [9.17, 15) is 9.59 Å². The third kappa shape index (κ3) is 3.01. The number of ether oxygens (including phenoxy) is 1. The zero-order chi connectivity index (χ0) is 13.8. The fourth-order valence-corrected chi connectivity index (χ4v) is 1.92. The molecular formula is C13H17N3O3. The van der Waals surface area contributed by atoms with E-state index >= 15 is 0 Å². The monoisotopic (exact) mass is 263 g/mol. The Balaban J connectivity index is 2.12. The Kier molecular flexibility index (Phi) is 3.99. The lowest BCUT2D eigenvalue weighted by Crippen LogP contribution is -2.27. The molecule has 19 heavy (non-hydrogen) atoms. The van der Waals surface area contributed by atoms with Crippen LogP contribution in [0.4, 0.5) is 11.6 Å². The van der Waals surface area contributed by atoms with Gasteiger partial charge < -0.3 is 15.4 Å². The van der Waals surface area contributed by atoms with Crippen molar-refractivity contribution in [3.63, 3.8) is 0 Å². The van der Waals surface area contributed by atoms with Crippen molar-refractivity contribution in [3.8, 4) is 5.75 Å². The van der Waals surface area contributed by atoms with Gasteiger partial charge in [-0.3, -0.25) is 9.59 Å². The summed E-state index contributed by atoms with van der Waals surface area (Å²) in [5.41, 5.74) is 0. The van der Waals surface area contributed by atoms with Gasteiger partial charge in [-0.2, -0.15) is 0 Å². The molecule has 1 aliphatic rings. The lowest BCUT2D eigenvalue weighted by Gasteiger charge is -2.18. The van der Waals surface area contributed by atoms with Crippen LogP contribution in [0.1, 0.15) is 26.7 Å². The number of anilines is 2. The lowest BCUT2D eigenvalue weighted by molar-refractivity contribution is -0.120. The van der Waals surface area contributed by atoms with E-state index in [1.807, 2.05) is 13.8 Å². The quantitative estimate of drug-likeness (QED) is 0.867. The second kappa shape index (κ2) is 5.69. The van der Waals surface area contributed by atoms with Crippen molar-refractivity contribution in [2.45, 2.75) is 26.7 Å². The highest BCUT2D eigenvalue weighted by atomic mass is 16.5. The van der Waals surface area contributed by atoms with Gasteiger partial charge in [0.05, 0.1) is 0 Å². The Morgan fingerprint density at radius 1 is 1.47 bits per heavy atom. The Labute approximate surface area is 111 Å². The van der Waals surface area contributed by atoms with Crippen molar-refractivity contribution in [1.82, 2.24) is 4.98 Å².